The van der Waals surface area contributed by atoms with E-state index in [4.69, 9.17) is 10.9 Å². The maximum atomic E-state index is 12.5. The molecule has 0 aliphatic heterocycles. The highest BCUT2D eigenvalue weighted by molar-refractivity contribution is 6.00. The second-order valence-electron chi connectivity index (χ2n) is 4.50. The first-order valence-electron chi connectivity index (χ1n) is 6.70. The number of aliphatic hydroxyl groups excluding tert-OH is 1. The zero-order chi connectivity index (χ0) is 15.8. The van der Waals surface area contributed by atoms with Crippen molar-refractivity contribution in [2.24, 2.45) is 5.84 Å². The van der Waals surface area contributed by atoms with Crippen molar-refractivity contribution >= 4 is 17.3 Å². The van der Waals surface area contributed by atoms with Gasteiger partial charge in [-0.15, -0.1) is 0 Å². The second kappa shape index (κ2) is 8.18. The number of amides is 1. The molecule has 0 radical (unpaired) electrons. The van der Waals surface area contributed by atoms with Gasteiger partial charge in [0.25, 0.3) is 11.6 Å². The topological polar surface area (TPSA) is 122 Å². The third-order valence-electron chi connectivity index (χ3n) is 3.04. The number of nitrogen functional groups attached to an aromatic ring is 1. The molecule has 1 rings (SSSR count). The van der Waals surface area contributed by atoms with Gasteiger partial charge in [0.15, 0.2) is 0 Å². The molecule has 0 saturated heterocycles. The second-order valence-corrected chi connectivity index (χ2v) is 4.50. The number of nitrogens with one attached hydrogen (secondary N) is 1. The molecule has 0 heterocycles. The van der Waals surface area contributed by atoms with Gasteiger partial charge in [0, 0.05) is 25.2 Å². The lowest BCUT2D eigenvalue weighted by molar-refractivity contribution is -0.384. The molecule has 0 aliphatic rings. The number of benzene rings is 1. The molecule has 4 N–H and O–H groups in total. The van der Waals surface area contributed by atoms with Crippen molar-refractivity contribution in [2.75, 3.05) is 25.1 Å². The number of carbonyl (C=O) groups excluding carboxylic acids is 1. The monoisotopic (exact) mass is 296 g/mol. The fourth-order valence-electron chi connectivity index (χ4n) is 1.90. The number of nitrogens with zero attached hydrogens (tertiary/aromatic N) is 2. The van der Waals surface area contributed by atoms with Gasteiger partial charge in [0.1, 0.15) is 0 Å². The van der Waals surface area contributed by atoms with Crippen LogP contribution in [0.1, 0.15) is 30.1 Å². The minimum Gasteiger partial charge on any atom is -0.395 e. The number of rotatable bonds is 8. The van der Waals surface area contributed by atoms with Gasteiger partial charge in [-0.1, -0.05) is 13.3 Å². The number of hydrogen-bond acceptors (Lipinski definition) is 6. The van der Waals surface area contributed by atoms with Crippen molar-refractivity contribution in [1.82, 2.24) is 4.90 Å². The summed E-state index contributed by atoms with van der Waals surface area (Å²) in [7, 11) is 0. The number of nitrogens with two attached hydrogens (primary N) is 1. The molecule has 0 bridgehead atoms. The fourth-order valence-corrected chi connectivity index (χ4v) is 1.90. The molecule has 0 unspecified atom stereocenters. The average Bonchev–Trinajstić information content (AvgIpc) is 2.49. The molecule has 8 nitrogen and oxygen atoms in total. The van der Waals surface area contributed by atoms with Gasteiger partial charge in [-0.25, -0.2) is 0 Å². The Morgan fingerprint density at radius 1 is 1.48 bits per heavy atom. The molecule has 0 aromatic heterocycles. The molecule has 1 aromatic rings. The van der Waals surface area contributed by atoms with Crippen molar-refractivity contribution in [2.45, 2.75) is 19.8 Å². The van der Waals surface area contributed by atoms with Gasteiger partial charge in [0.2, 0.25) is 0 Å². The van der Waals surface area contributed by atoms with E-state index in [1.165, 1.54) is 23.1 Å². The standard InChI is InChI=1S/C13H20N4O4/c1-2-3-6-16(7-8-18)13(19)11-9-10(17(20)21)4-5-12(11)15-14/h4-5,9,15,18H,2-3,6-8,14H2,1H3. The van der Waals surface area contributed by atoms with Crippen molar-refractivity contribution in [1.29, 1.82) is 0 Å². The molecule has 21 heavy (non-hydrogen) atoms. The van der Waals surface area contributed by atoms with Crippen LogP contribution in [0.25, 0.3) is 0 Å². The van der Waals surface area contributed by atoms with E-state index in [0.717, 1.165) is 12.8 Å². The molecule has 1 amide bonds. The Hall–Kier alpha value is -2.19. The van der Waals surface area contributed by atoms with Crippen LogP contribution < -0.4 is 11.3 Å². The Bertz CT molecular complexity index is 507. The van der Waals surface area contributed by atoms with Crippen molar-refractivity contribution < 1.29 is 14.8 Å². The number of nitro groups is 1. The van der Waals surface area contributed by atoms with Gasteiger partial charge in [-0.2, -0.15) is 0 Å². The van der Waals surface area contributed by atoms with Gasteiger partial charge < -0.3 is 15.4 Å². The fraction of sp³-hybridized carbons (Fsp3) is 0.462. The summed E-state index contributed by atoms with van der Waals surface area (Å²) in [5.74, 6) is 4.95. The van der Waals surface area contributed by atoms with Crippen molar-refractivity contribution in [3.8, 4) is 0 Å². The number of hydrazine groups is 1. The highest BCUT2D eigenvalue weighted by Crippen LogP contribution is 2.23. The summed E-state index contributed by atoms with van der Waals surface area (Å²) in [6.45, 7) is 2.46. The van der Waals surface area contributed by atoms with Crippen LogP contribution >= 0.6 is 0 Å². The predicted octanol–water partition coefficient (Wildman–Crippen LogP) is 1.12. The highest BCUT2D eigenvalue weighted by Gasteiger charge is 2.21. The van der Waals surface area contributed by atoms with E-state index < -0.39 is 10.8 Å². The molecule has 0 fully saturated rings. The molecule has 1 aromatic carbocycles. The number of non-ortho nitro benzene ring substituents is 1. The summed E-state index contributed by atoms with van der Waals surface area (Å²) >= 11 is 0. The molecule has 0 saturated carbocycles. The lowest BCUT2D eigenvalue weighted by Gasteiger charge is -2.22. The number of aliphatic hydroxyl groups is 1. The number of anilines is 1. The third kappa shape index (κ3) is 4.40. The van der Waals surface area contributed by atoms with E-state index in [0.29, 0.717) is 12.2 Å². The summed E-state index contributed by atoms with van der Waals surface area (Å²) in [5, 5.41) is 19.9. The van der Waals surface area contributed by atoms with Crippen LogP contribution in [0.4, 0.5) is 11.4 Å². The number of nitro benzene ring substituents is 1. The van der Waals surface area contributed by atoms with Crippen LogP contribution in [0.2, 0.25) is 0 Å². The maximum absolute atomic E-state index is 12.5. The van der Waals surface area contributed by atoms with Crippen molar-refractivity contribution in [3.05, 3.63) is 33.9 Å². The van der Waals surface area contributed by atoms with E-state index >= 15 is 0 Å². The summed E-state index contributed by atoms with van der Waals surface area (Å²) in [6.07, 6.45) is 1.68. The van der Waals surface area contributed by atoms with Crippen LogP contribution in [0, 0.1) is 10.1 Å². The van der Waals surface area contributed by atoms with Gasteiger partial charge in [0.05, 0.1) is 22.8 Å². The van der Waals surface area contributed by atoms with E-state index in [9.17, 15) is 14.9 Å². The Morgan fingerprint density at radius 3 is 2.71 bits per heavy atom. The zero-order valence-electron chi connectivity index (χ0n) is 11.9. The number of carbonyl (C=O) groups is 1. The molecular formula is C13H20N4O4. The lowest BCUT2D eigenvalue weighted by Crippen LogP contribution is -2.35. The summed E-state index contributed by atoms with van der Waals surface area (Å²) < 4.78 is 0. The Kier molecular flexibility index (Phi) is 6.57. The van der Waals surface area contributed by atoms with Crippen LogP contribution in [0.3, 0.4) is 0 Å². The molecule has 0 spiro atoms. The minimum atomic E-state index is -0.570. The van der Waals surface area contributed by atoms with Crippen molar-refractivity contribution in [3.63, 3.8) is 0 Å². The van der Waals surface area contributed by atoms with E-state index in [-0.39, 0.29) is 24.4 Å². The maximum Gasteiger partial charge on any atom is 0.270 e. The van der Waals surface area contributed by atoms with E-state index in [2.05, 4.69) is 5.43 Å². The molecule has 0 aliphatic carbocycles. The van der Waals surface area contributed by atoms with Gasteiger partial charge in [-0.05, 0) is 12.5 Å². The predicted molar refractivity (Wildman–Crippen MR) is 78.8 cm³/mol. The summed E-state index contributed by atoms with van der Waals surface area (Å²) in [6, 6.07) is 3.85. The largest absolute Gasteiger partial charge is 0.395 e. The summed E-state index contributed by atoms with van der Waals surface area (Å²) in [4.78, 5) is 24.2. The Balaban J connectivity index is 3.11. The minimum absolute atomic E-state index is 0.122. The SMILES string of the molecule is CCCCN(CCO)C(=O)c1cc([N+](=O)[O-])ccc1NN. The molecule has 0 atom stereocenters. The number of hydrogen-bond donors (Lipinski definition) is 3. The number of unbranched alkanes of at least 4 members (excludes halogenated alkanes) is 1. The summed E-state index contributed by atoms with van der Waals surface area (Å²) in [5.41, 5.74) is 2.61. The van der Waals surface area contributed by atoms with E-state index in [1.807, 2.05) is 6.92 Å². The first kappa shape index (κ1) is 16.9. The molecular weight excluding hydrogens is 276 g/mol. The highest BCUT2D eigenvalue weighted by atomic mass is 16.6. The Labute approximate surface area is 122 Å². The molecule has 8 heteroatoms. The zero-order valence-corrected chi connectivity index (χ0v) is 11.9. The Morgan fingerprint density at radius 2 is 2.19 bits per heavy atom. The first-order valence-corrected chi connectivity index (χ1v) is 6.70. The lowest BCUT2D eigenvalue weighted by atomic mass is 10.1. The quantitative estimate of drug-likeness (QED) is 0.375. The van der Waals surface area contributed by atoms with Crippen LogP contribution in [0.5, 0.6) is 0 Å². The van der Waals surface area contributed by atoms with Crippen LogP contribution in [-0.4, -0.2) is 40.5 Å². The average molecular weight is 296 g/mol. The normalized spacial score (nSPS) is 10.2. The van der Waals surface area contributed by atoms with Gasteiger partial charge in [-0.3, -0.25) is 20.8 Å². The third-order valence-corrected chi connectivity index (χ3v) is 3.04. The van der Waals surface area contributed by atoms with Crippen LogP contribution in [-0.2, 0) is 0 Å². The van der Waals surface area contributed by atoms with Gasteiger partial charge >= 0.3 is 0 Å². The molecule has 116 valence electrons. The first-order chi connectivity index (χ1) is 10.0. The smallest absolute Gasteiger partial charge is 0.270 e. The van der Waals surface area contributed by atoms with Crippen LogP contribution in [0.15, 0.2) is 18.2 Å². The van der Waals surface area contributed by atoms with E-state index in [1.54, 1.807) is 0 Å².